The molecule has 0 saturated carbocycles. The van der Waals surface area contributed by atoms with Gasteiger partial charge in [0.2, 0.25) is 0 Å². The van der Waals surface area contributed by atoms with Crippen LogP contribution < -0.4 is 5.56 Å². The van der Waals surface area contributed by atoms with Crippen molar-refractivity contribution in [1.82, 2.24) is 4.57 Å². The summed E-state index contributed by atoms with van der Waals surface area (Å²) >= 11 is 1.63. The van der Waals surface area contributed by atoms with E-state index in [1.807, 2.05) is 36.6 Å². The van der Waals surface area contributed by atoms with Gasteiger partial charge in [-0.2, -0.15) is 0 Å². The predicted molar refractivity (Wildman–Crippen MR) is 100 cm³/mol. The van der Waals surface area contributed by atoms with E-state index in [1.165, 1.54) is 5.56 Å². The molecule has 0 aliphatic heterocycles. The summed E-state index contributed by atoms with van der Waals surface area (Å²) in [6, 6.07) is 15.1. The lowest BCUT2D eigenvalue weighted by atomic mass is 10.0. The first-order valence-electron chi connectivity index (χ1n) is 7.86. The van der Waals surface area contributed by atoms with Gasteiger partial charge in [0.15, 0.2) is 5.78 Å². The number of aryl methyl sites for hydroxylation is 2. The lowest BCUT2D eigenvalue weighted by Crippen LogP contribution is -2.25. The summed E-state index contributed by atoms with van der Waals surface area (Å²) in [5.41, 5.74) is 2.51. The zero-order valence-electron chi connectivity index (χ0n) is 14.0. The van der Waals surface area contributed by atoms with Crippen LogP contribution in [0.1, 0.15) is 28.4 Å². The Morgan fingerprint density at radius 2 is 1.79 bits per heavy atom. The number of carbonyl (C=O) groups excluding carboxylic acids is 1. The average molecular weight is 337 g/mol. The summed E-state index contributed by atoms with van der Waals surface area (Å²) in [6.07, 6.45) is 2.92. The molecule has 0 spiro atoms. The van der Waals surface area contributed by atoms with Crippen molar-refractivity contribution in [2.45, 2.75) is 18.2 Å². The Labute approximate surface area is 145 Å². The van der Waals surface area contributed by atoms with Gasteiger partial charge in [0.05, 0.1) is 11.1 Å². The van der Waals surface area contributed by atoms with E-state index in [9.17, 15) is 9.59 Å². The fraction of sp³-hybridized carbons (Fsp3) is 0.200. The second-order valence-corrected chi connectivity index (χ2v) is 6.61. The first kappa shape index (κ1) is 16.5. The summed E-state index contributed by atoms with van der Waals surface area (Å²) in [4.78, 5) is 26.5. The summed E-state index contributed by atoms with van der Waals surface area (Å²) in [5, 5.41) is 0.892. The second kappa shape index (κ2) is 6.65. The van der Waals surface area contributed by atoms with Crippen LogP contribution in [0.4, 0.5) is 0 Å². The third-order valence-corrected chi connectivity index (χ3v) is 5.03. The molecule has 0 aliphatic rings. The highest BCUT2D eigenvalue weighted by molar-refractivity contribution is 7.98. The Kier molecular flexibility index (Phi) is 4.58. The molecule has 0 fully saturated rings. The molecular weight excluding hydrogens is 318 g/mol. The standard InChI is InChI=1S/C20H19NO2S/c1-4-13-5-7-14(8-6-13)19(22)17-11-15-9-10-16(24-3)12-18(15)21(2)20(17)23/h5-12H,4H2,1-3H3. The van der Waals surface area contributed by atoms with Crippen LogP contribution in [0.3, 0.4) is 0 Å². The Hall–Kier alpha value is -2.33. The molecule has 3 nitrogen and oxygen atoms in total. The molecule has 0 saturated heterocycles. The van der Waals surface area contributed by atoms with Crippen molar-refractivity contribution in [3.05, 3.63) is 75.6 Å². The van der Waals surface area contributed by atoms with E-state index >= 15 is 0 Å². The van der Waals surface area contributed by atoms with Gasteiger partial charge >= 0.3 is 0 Å². The molecule has 1 aromatic heterocycles. The molecule has 2 aromatic carbocycles. The van der Waals surface area contributed by atoms with E-state index in [4.69, 9.17) is 0 Å². The first-order chi connectivity index (χ1) is 11.5. The van der Waals surface area contributed by atoms with Gasteiger partial charge < -0.3 is 4.57 Å². The fourth-order valence-electron chi connectivity index (χ4n) is 2.78. The van der Waals surface area contributed by atoms with Crippen molar-refractivity contribution in [2.24, 2.45) is 7.05 Å². The van der Waals surface area contributed by atoms with E-state index in [1.54, 1.807) is 41.6 Å². The summed E-state index contributed by atoms with van der Waals surface area (Å²) in [6.45, 7) is 2.07. The lowest BCUT2D eigenvalue weighted by Gasteiger charge is -2.10. The van der Waals surface area contributed by atoms with Gasteiger partial charge in [-0.05, 0) is 41.8 Å². The molecule has 0 bridgehead atoms. The van der Waals surface area contributed by atoms with Crippen LogP contribution in [0.25, 0.3) is 10.9 Å². The van der Waals surface area contributed by atoms with Crippen molar-refractivity contribution >= 4 is 28.4 Å². The monoisotopic (exact) mass is 337 g/mol. The van der Waals surface area contributed by atoms with Crippen LogP contribution in [0.2, 0.25) is 0 Å². The molecule has 24 heavy (non-hydrogen) atoms. The smallest absolute Gasteiger partial charge is 0.262 e. The van der Waals surface area contributed by atoms with Crippen molar-refractivity contribution in [1.29, 1.82) is 0 Å². The summed E-state index contributed by atoms with van der Waals surface area (Å²) in [5.74, 6) is -0.228. The Morgan fingerprint density at radius 1 is 1.08 bits per heavy atom. The van der Waals surface area contributed by atoms with Crippen molar-refractivity contribution < 1.29 is 4.79 Å². The van der Waals surface area contributed by atoms with E-state index in [0.717, 1.165) is 22.2 Å². The largest absolute Gasteiger partial charge is 0.311 e. The second-order valence-electron chi connectivity index (χ2n) is 5.73. The number of fused-ring (bicyclic) bond motifs is 1. The highest BCUT2D eigenvalue weighted by Gasteiger charge is 2.16. The number of nitrogens with zero attached hydrogens (tertiary/aromatic N) is 1. The molecule has 0 atom stereocenters. The van der Waals surface area contributed by atoms with Crippen molar-refractivity contribution in [3.8, 4) is 0 Å². The SMILES string of the molecule is CCc1ccc(C(=O)c2cc3ccc(SC)cc3n(C)c2=O)cc1. The number of carbonyl (C=O) groups is 1. The third kappa shape index (κ3) is 2.89. The van der Waals surface area contributed by atoms with Gasteiger partial charge in [0.25, 0.3) is 5.56 Å². The molecule has 0 aliphatic carbocycles. The quantitative estimate of drug-likeness (QED) is 0.532. The zero-order chi connectivity index (χ0) is 17.3. The maximum absolute atomic E-state index is 12.8. The van der Waals surface area contributed by atoms with Crippen LogP contribution in [0.15, 0.2) is 58.2 Å². The first-order valence-corrected chi connectivity index (χ1v) is 9.09. The summed E-state index contributed by atoms with van der Waals surface area (Å²) in [7, 11) is 1.71. The van der Waals surface area contributed by atoms with Crippen LogP contribution in [0.5, 0.6) is 0 Å². The minimum absolute atomic E-state index is 0.214. The normalized spacial score (nSPS) is 11.0. The van der Waals surface area contributed by atoms with Gasteiger partial charge in [-0.1, -0.05) is 37.3 Å². The number of benzene rings is 2. The predicted octanol–water partition coefficient (Wildman–Crippen LogP) is 4.05. The molecule has 0 radical (unpaired) electrons. The molecule has 122 valence electrons. The molecule has 0 unspecified atom stereocenters. The maximum Gasteiger partial charge on any atom is 0.262 e. The van der Waals surface area contributed by atoms with Gasteiger partial charge in [-0.3, -0.25) is 9.59 Å². The fourth-order valence-corrected chi connectivity index (χ4v) is 3.21. The molecular formula is C20H19NO2S. The average Bonchev–Trinajstić information content (AvgIpc) is 2.63. The van der Waals surface area contributed by atoms with E-state index in [2.05, 4.69) is 6.92 Å². The molecule has 3 aromatic rings. The number of rotatable bonds is 4. The molecule has 1 heterocycles. The number of ketones is 1. The van der Waals surface area contributed by atoms with Gasteiger partial charge in [-0.25, -0.2) is 0 Å². The Morgan fingerprint density at radius 3 is 2.42 bits per heavy atom. The highest BCUT2D eigenvalue weighted by atomic mass is 32.2. The topological polar surface area (TPSA) is 39.1 Å². The van der Waals surface area contributed by atoms with Gasteiger partial charge in [-0.15, -0.1) is 11.8 Å². The van der Waals surface area contributed by atoms with Crippen molar-refractivity contribution in [3.63, 3.8) is 0 Å². The highest BCUT2D eigenvalue weighted by Crippen LogP contribution is 2.22. The molecule has 4 heteroatoms. The Balaban J connectivity index is 2.13. The van der Waals surface area contributed by atoms with E-state index < -0.39 is 0 Å². The van der Waals surface area contributed by atoms with Crippen LogP contribution in [-0.4, -0.2) is 16.6 Å². The van der Waals surface area contributed by atoms with E-state index in [0.29, 0.717) is 5.56 Å². The van der Waals surface area contributed by atoms with Gasteiger partial charge in [0.1, 0.15) is 0 Å². The number of hydrogen-bond acceptors (Lipinski definition) is 3. The van der Waals surface area contributed by atoms with Crippen LogP contribution in [-0.2, 0) is 13.5 Å². The molecule has 3 rings (SSSR count). The number of aromatic nitrogens is 1. The molecule has 0 amide bonds. The van der Waals surface area contributed by atoms with E-state index in [-0.39, 0.29) is 16.9 Å². The number of thioether (sulfide) groups is 1. The maximum atomic E-state index is 12.8. The minimum atomic E-state index is -0.259. The van der Waals surface area contributed by atoms with Crippen LogP contribution >= 0.6 is 11.8 Å². The Bertz CT molecular complexity index is 971. The molecule has 0 N–H and O–H groups in total. The van der Waals surface area contributed by atoms with Crippen LogP contribution in [0, 0.1) is 0 Å². The number of hydrogen-bond donors (Lipinski definition) is 0. The van der Waals surface area contributed by atoms with Crippen molar-refractivity contribution in [2.75, 3.05) is 6.26 Å². The summed E-state index contributed by atoms with van der Waals surface area (Å²) < 4.78 is 1.56. The minimum Gasteiger partial charge on any atom is -0.311 e. The van der Waals surface area contributed by atoms with Gasteiger partial charge in [0, 0.05) is 17.5 Å². The number of pyridine rings is 1. The third-order valence-electron chi connectivity index (χ3n) is 4.30. The lowest BCUT2D eigenvalue weighted by molar-refractivity contribution is 0.103. The zero-order valence-corrected chi connectivity index (χ0v) is 14.8.